The molecule has 7 heteroatoms. The second-order valence-corrected chi connectivity index (χ2v) is 5.66. The molecule has 94 valence electrons. The Hall–Kier alpha value is -0.630. The molecular formula is C10H15N3O2S2. The summed E-state index contributed by atoms with van der Waals surface area (Å²) in [6.45, 7) is 0.892. The zero-order valence-electron chi connectivity index (χ0n) is 9.35. The summed E-state index contributed by atoms with van der Waals surface area (Å²) in [6.07, 6.45) is 2.72. The molecule has 1 saturated heterocycles. The fourth-order valence-electron chi connectivity index (χ4n) is 1.61. The van der Waals surface area contributed by atoms with E-state index in [0.717, 1.165) is 30.2 Å². The molecule has 0 aliphatic carbocycles. The van der Waals surface area contributed by atoms with E-state index in [1.54, 1.807) is 11.8 Å². The summed E-state index contributed by atoms with van der Waals surface area (Å²) >= 11 is 3.11. The van der Waals surface area contributed by atoms with Gasteiger partial charge >= 0.3 is 0 Å². The number of nitrogens with one attached hydrogen (secondary N) is 1. The van der Waals surface area contributed by atoms with Gasteiger partial charge in [0.25, 0.3) is 5.91 Å². The summed E-state index contributed by atoms with van der Waals surface area (Å²) in [5.74, 6) is 6.52. The first-order valence-electron chi connectivity index (χ1n) is 5.44. The lowest BCUT2D eigenvalue weighted by Crippen LogP contribution is -2.29. The molecule has 1 aliphatic heterocycles. The summed E-state index contributed by atoms with van der Waals surface area (Å²) in [5, 5.41) is 2.31. The summed E-state index contributed by atoms with van der Waals surface area (Å²) in [5.41, 5.74) is 3.01. The van der Waals surface area contributed by atoms with Crippen molar-refractivity contribution >= 4 is 29.0 Å². The predicted octanol–water partition coefficient (Wildman–Crippen LogP) is 1.16. The first-order chi connectivity index (χ1) is 8.29. The number of hydrogen-bond donors (Lipinski definition) is 2. The molecule has 0 spiro atoms. The zero-order valence-corrected chi connectivity index (χ0v) is 11.0. The number of carbonyl (C=O) groups excluding carboxylic acids is 1. The summed E-state index contributed by atoms with van der Waals surface area (Å²) in [7, 11) is 0. The molecule has 1 unspecified atom stereocenters. The van der Waals surface area contributed by atoms with Gasteiger partial charge in [-0.15, -0.1) is 11.3 Å². The van der Waals surface area contributed by atoms with Crippen molar-refractivity contribution in [2.45, 2.75) is 24.7 Å². The van der Waals surface area contributed by atoms with E-state index in [2.05, 4.69) is 10.4 Å². The quantitative estimate of drug-likeness (QED) is 0.478. The highest BCUT2D eigenvalue weighted by Crippen LogP contribution is 2.21. The zero-order chi connectivity index (χ0) is 12.1. The third-order valence-electron chi connectivity index (χ3n) is 2.45. The van der Waals surface area contributed by atoms with Crippen molar-refractivity contribution < 1.29 is 9.53 Å². The average Bonchev–Trinajstić information content (AvgIpc) is 2.99. The van der Waals surface area contributed by atoms with Crippen molar-refractivity contribution in [2.24, 2.45) is 5.84 Å². The SMILES string of the molecule is NNC(=O)c1nc(CSCC2CCCO2)cs1. The molecule has 1 fully saturated rings. The normalized spacial score (nSPS) is 19.5. The number of carbonyl (C=O) groups is 1. The highest BCUT2D eigenvalue weighted by molar-refractivity contribution is 7.98. The number of hydrogen-bond acceptors (Lipinski definition) is 6. The Kier molecular flexibility index (Phi) is 4.78. The number of hydrazine groups is 1. The van der Waals surface area contributed by atoms with Crippen LogP contribution >= 0.6 is 23.1 Å². The minimum Gasteiger partial charge on any atom is -0.377 e. The van der Waals surface area contributed by atoms with Gasteiger partial charge in [0.1, 0.15) is 0 Å². The van der Waals surface area contributed by atoms with Gasteiger partial charge < -0.3 is 4.74 Å². The minimum atomic E-state index is -0.328. The van der Waals surface area contributed by atoms with Gasteiger partial charge in [0.2, 0.25) is 0 Å². The lowest BCUT2D eigenvalue weighted by Gasteiger charge is -2.07. The second kappa shape index (κ2) is 6.34. The largest absolute Gasteiger partial charge is 0.377 e. The van der Waals surface area contributed by atoms with Gasteiger partial charge in [-0.05, 0) is 12.8 Å². The maximum Gasteiger partial charge on any atom is 0.294 e. The Balaban J connectivity index is 1.74. The molecule has 2 heterocycles. The molecule has 17 heavy (non-hydrogen) atoms. The van der Waals surface area contributed by atoms with Gasteiger partial charge in [-0.3, -0.25) is 10.2 Å². The maximum absolute atomic E-state index is 11.2. The van der Waals surface area contributed by atoms with Crippen LogP contribution in [-0.2, 0) is 10.5 Å². The standard InChI is InChI=1S/C10H15N3O2S2/c11-13-9(14)10-12-7(5-17-10)4-16-6-8-2-1-3-15-8/h5,8H,1-4,6,11H2,(H,13,14). The third-order valence-corrected chi connectivity index (χ3v) is 4.45. The Morgan fingerprint density at radius 2 is 2.65 bits per heavy atom. The highest BCUT2D eigenvalue weighted by Gasteiger charge is 2.15. The number of nitrogens with zero attached hydrogens (tertiary/aromatic N) is 1. The van der Waals surface area contributed by atoms with Gasteiger partial charge in [-0.2, -0.15) is 11.8 Å². The highest BCUT2D eigenvalue weighted by atomic mass is 32.2. The van der Waals surface area contributed by atoms with Crippen molar-refractivity contribution in [2.75, 3.05) is 12.4 Å². The van der Waals surface area contributed by atoms with Crippen LogP contribution in [-0.4, -0.2) is 29.4 Å². The van der Waals surface area contributed by atoms with Crippen molar-refractivity contribution in [3.05, 3.63) is 16.1 Å². The Morgan fingerprint density at radius 1 is 1.76 bits per heavy atom. The molecule has 0 saturated carbocycles. The lowest BCUT2D eigenvalue weighted by molar-refractivity contribution is 0.0953. The van der Waals surface area contributed by atoms with Crippen LogP contribution in [0.5, 0.6) is 0 Å². The molecule has 0 radical (unpaired) electrons. The number of rotatable bonds is 5. The Bertz CT molecular complexity index is 377. The van der Waals surface area contributed by atoms with Crippen molar-refractivity contribution in [3.8, 4) is 0 Å². The Labute approximate surface area is 108 Å². The smallest absolute Gasteiger partial charge is 0.294 e. The molecule has 1 amide bonds. The van der Waals surface area contributed by atoms with Gasteiger partial charge in [0.15, 0.2) is 5.01 Å². The molecule has 1 atom stereocenters. The van der Waals surface area contributed by atoms with E-state index in [-0.39, 0.29) is 5.91 Å². The number of nitrogen functional groups attached to an aromatic ring is 1. The van der Waals surface area contributed by atoms with Gasteiger partial charge in [-0.25, -0.2) is 10.8 Å². The topological polar surface area (TPSA) is 77.2 Å². The van der Waals surface area contributed by atoms with Crippen LogP contribution in [0.4, 0.5) is 0 Å². The van der Waals surface area contributed by atoms with E-state index in [9.17, 15) is 4.79 Å². The molecule has 0 bridgehead atoms. The van der Waals surface area contributed by atoms with Gasteiger partial charge in [0.05, 0.1) is 11.8 Å². The number of thioether (sulfide) groups is 1. The summed E-state index contributed by atoms with van der Waals surface area (Å²) in [6, 6.07) is 0. The van der Waals surface area contributed by atoms with Crippen molar-refractivity contribution in [1.29, 1.82) is 0 Å². The van der Waals surface area contributed by atoms with E-state index in [1.165, 1.54) is 17.8 Å². The molecular weight excluding hydrogens is 258 g/mol. The molecule has 1 aromatic rings. The first-order valence-corrected chi connectivity index (χ1v) is 7.47. The predicted molar refractivity (Wildman–Crippen MR) is 68.9 cm³/mol. The van der Waals surface area contributed by atoms with Crippen LogP contribution in [0.15, 0.2) is 5.38 Å². The second-order valence-electron chi connectivity index (χ2n) is 3.77. The molecule has 0 aromatic carbocycles. The number of thiazole rings is 1. The number of aromatic nitrogens is 1. The van der Waals surface area contributed by atoms with E-state index >= 15 is 0 Å². The van der Waals surface area contributed by atoms with Crippen LogP contribution in [0, 0.1) is 0 Å². The monoisotopic (exact) mass is 273 g/mol. The van der Waals surface area contributed by atoms with Crippen LogP contribution in [0.2, 0.25) is 0 Å². The van der Waals surface area contributed by atoms with Gasteiger partial charge in [-0.1, -0.05) is 0 Å². The Morgan fingerprint density at radius 3 is 3.35 bits per heavy atom. The lowest BCUT2D eigenvalue weighted by atomic mass is 10.3. The molecule has 5 nitrogen and oxygen atoms in total. The number of amides is 1. The van der Waals surface area contributed by atoms with E-state index in [1.807, 2.05) is 5.38 Å². The van der Waals surface area contributed by atoms with E-state index < -0.39 is 0 Å². The van der Waals surface area contributed by atoms with E-state index in [0.29, 0.717) is 11.1 Å². The van der Waals surface area contributed by atoms with Crippen LogP contribution in [0.1, 0.15) is 28.3 Å². The molecule has 2 rings (SSSR count). The van der Waals surface area contributed by atoms with Crippen molar-refractivity contribution in [1.82, 2.24) is 10.4 Å². The molecule has 3 N–H and O–H groups in total. The first kappa shape index (κ1) is 12.8. The van der Waals surface area contributed by atoms with Crippen molar-refractivity contribution in [3.63, 3.8) is 0 Å². The fraction of sp³-hybridized carbons (Fsp3) is 0.600. The third kappa shape index (κ3) is 3.67. The summed E-state index contributed by atoms with van der Waals surface area (Å²) < 4.78 is 5.53. The molecule has 1 aromatic heterocycles. The van der Waals surface area contributed by atoms with E-state index in [4.69, 9.17) is 10.6 Å². The minimum absolute atomic E-state index is 0.328. The van der Waals surface area contributed by atoms with Gasteiger partial charge in [0, 0.05) is 23.5 Å². The van der Waals surface area contributed by atoms with Crippen LogP contribution in [0.25, 0.3) is 0 Å². The average molecular weight is 273 g/mol. The van der Waals surface area contributed by atoms with Crippen LogP contribution in [0.3, 0.4) is 0 Å². The number of nitrogens with two attached hydrogens (primary N) is 1. The summed E-state index contributed by atoms with van der Waals surface area (Å²) in [4.78, 5) is 15.4. The number of ether oxygens (including phenoxy) is 1. The maximum atomic E-state index is 11.2. The fourth-order valence-corrected chi connectivity index (χ4v) is 3.44. The molecule has 1 aliphatic rings. The van der Waals surface area contributed by atoms with Crippen LogP contribution < -0.4 is 11.3 Å².